The van der Waals surface area contributed by atoms with E-state index in [0.29, 0.717) is 0 Å². The first-order valence-electron chi connectivity index (χ1n) is 4.33. The van der Waals surface area contributed by atoms with Crippen molar-refractivity contribution in [2.75, 3.05) is 0 Å². The maximum absolute atomic E-state index is 5.91. The van der Waals surface area contributed by atoms with E-state index >= 15 is 0 Å². The molecular weight excluding hydrogens is 312 g/mol. The molecule has 0 fully saturated rings. The van der Waals surface area contributed by atoms with Gasteiger partial charge in [0, 0.05) is 10.4 Å². The highest BCUT2D eigenvalue weighted by molar-refractivity contribution is 9.11. The second-order valence-electron chi connectivity index (χ2n) is 3.10. The third-order valence-corrected chi connectivity index (χ3v) is 4.78. The van der Waals surface area contributed by atoms with Gasteiger partial charge in [0.1, 0.15) is 0 Å². The Balaban J connectivity index is 2.21. The molecule has 4 heteroatoms. The Kier molecular flexibility index (Phi) is 3.67. The maximum atomic E-state index is 5.91. The standard InChI is InChI=1S/C11H8BrClS2/c1-7-4-8(6-14-7)2-3-9-5-10(13)15-11(9)12/h2-6H,1H3. The molecule has 2 heterocycles. The molecule has 0 radical (unpaired) electrons. The Morgan fingerprint density at radius 3 is 2.67 bits per heavy atom. The normalized spacial score (nSPS) is 11.4. The minimum absolute atomic E-state index is 0.808. The molecule has 0 spiro atoms. The lowest BCUT2D eigenvalue weighted by molar-refractivity contribution is 1.63. The first-order chi connectivity index (χ1) is 7.15. The second kappa shape index (κ2) is 4.83. The zero-order valence-electron chi connectivity index (χ0n) is 7.96. The summed E-state index contributed by atoms with van der Waals surface area (Å²) in [7, 11) is 0. The van der Waals surface area contributed by atoms with Crippen LogP contribution in [0.5, 0.6) is 0 Å². The van der Waals surface area contributed by atoms with E-state index in [1.54, 1.807) is 22.7 Å². The second-order valence-corrected chi connectivity index (χ2v) is 7.22. The molecule has 0 N–H and O–H groups in total. The molecule has 0 nitrogen and oxygen atoms in total. The summed E-state index contributed by atoms with van der Waals surface area (Å²) >= 11 is 12.7. The van der Waals surface area contributed by atoms with Gasteiger partial charge in [0.15, 0.2) is 0 Å². The zero-order chi connectivity index (χ0) is 10.8. The summed E-state index contributed by atoms with van der Waals surface area (Å²) in [6.45, 7) is 2.11. The van der Waals surface area contributed by atoms with E-state index in [1.165, 1.54) is 10.4 Å². The van der Waals surface area contributed by atoms with Crippen LogP contribution in [0, 0.1) is 6.92 Å². The van der Waals surface area contributed by atoms with Gasteiger partial charge in [-0.1, -0.05) is 23.8 Å². The van der Waals surface area contributed by atoms with Crippen molar-refractivity contribution >= 4 is 62.4 Å². The van der Waals surface area contributed by atoms with Crippen molar-refractivity contribution in [3.8, 4) is 0 Å². The van der Waals surface area contributed by atoms with Crippen LogP contribution in [0.4, 0.5) is 0 Å². The van der Waals surface area contributed by atoms with Gasteiger partial charge in [-0.3, -0.25) is 0 Å². The molecule has 0 saturated carbocycles. The highest BCUT2D eigenvalue weighted by Crippen LogP contribution is 2.32. The van der Waals surface area contributed by atoms with E-state index in [-0.39, 0.29) is 0 Å². The lowest BCUT2D eigenvalue weighted by atomic mass is 10.2. The van der Waals surface area contributed by atoms with Gasteiger partial charge >= 0.3 is 0 Å². The molecule has 0 unspecified atom stereocenters. The van der Waals surface area contributed by atoms with Crippen LogP contribution in [0.2, 0.25) is 4.34 Å². The monoisotopic (exact) mass is 318 g/mol. The smallest absolute Gasteiger partial charge is 0.0946 e. The zero-order valence-corrected chi connectivity index (χ0v) is 11.9. The van der Waals surface area contributed by atoms with Crippen LogP contribution in [0.3, 0.4) is 0 Å². The summed E-state index contributed by atoms with van der Waals surface area (Å²) in [4.78, 5) is 1.33. The predicted octanol–water partition coefficient (Wildman–Crippen LogP) is 5.70. The van der Waals surface area contributed by atoms with Gasteiger partial charge in [0.25, 0.3) is 0 Å². The number of hydrogen-bond donors (Lipinski definition) is 0. The van der Waals surface area contributed by atoms with Crippen LogP contribution in [0.15, 0.2) is 21.3 Å². The molecule has 78 valence electrons. The van der Waals surface area contributed by atoms with E-state index < -0.39 is 0 Å². The van der Waals surface area contributed by atoms with Crippen molar-refractivity contribution in [3.63, 3.8) is 0 Å². The summed E-state index contributed by atoms with van der Waals surface area (Å²) in [6, 6.07) is 4.13. The first kappa shape index (κ1) is 11.4. The van der Waals surface area contributed by atoms with Crippen LogP contribution in [-0.2, 0) is 0 Å². The van der Waals surface area contributed by atoms with Crippen LogP contribution in [0.1, 0.15) is 16.0 Å². The summed E-state index contributed by atoms with van der Waals surface area (Å²) < 4.78 is 1.89. The fourth-order valence-electron chi connectivity index (χ4n) is 1.20. The number of thiophene rings is 2. The van der Waals surface area contributed by atoms with Crippen LogP contribution < -0.4 is 0 Å². The first-order valence-corrected chi connectivity index (χ1v) is 7.20. The third kappa shape index (κ3) is 2.94. The van der Waals surface area contributed by atoms with Crippen molar-refractivity contribution < 1.29 is 0 Å². The third-order valence-electron chi connectivity index (χ3n) is 1.89. The minimum Gasteiger partial charge on any atom is -0.149 e. The maximum Gasteiger partial charge on any atom is 0.0946 e. The van der Waals surface area contributed by atoms with Gasteiger partial charge in [0.2, 0.25) is 0 Å². The van der Waals surface area contributed by atoms with E-state index in [2.05, 4.69) is 46.5 Å². The quantitative estimate of drug-likeness (QED) is 0.665. The molecule has 0 amide bonds. The Bertz CT molecular complexity index is 496. The lowest BCUT2D eigenvalue weighted by Crippen LogP contribution is -1.64. The fourth-order valence-corrected chi connectivity index (χ4v) is 3.88. The molecular formula is C11H8BrClS2. The topological polar surface area (TPSA) is 0 Å². The van der Waals surface area contributed by atoms with Crippen molar-refractivity contribution in [3.05, 3.63) is 41.6 Å². The van der Waals surface area contributed by atoms with Gasteiger partial charge in [-0.25, -0.2) is 0 Å². The molecule has 15 heavy (non-hydrogen) atoms. The molecule has 2 aromatic rings. The highest BCUT2D eigenvalue weighted by Gasteiger charge is 2.01. The molecule has 0 aromatic carbocycles. The largest absolute Gasteiger partial charge is 0.149 e. The lowest BCUT2D eigenvalue weighted by Gasteiger charge is -1.86. The number of rotatable bonds is 2. The summed E-state index contributed by atoms with van der Waals surface area (Å²) in [6.07, 6.45) is 4.18. The number of aryl methyl sites for hydroxylation is 1. The van der Waals surface area contributed by atoms with E-state index in [1.807, 2.05) is 6.07 Å². The molecule has 0 aliphatic carbocycles. The molecule has 0 saturated heterocycles. The summed E-state index contributed by atoms with van der Waals surface area (Å²) in [5, 5.41) is 2.15. The van der Waals surface area contributed by atoms with Crippen molar-refractivity contribution in [1.82, 2.24) is 0 Å². The Hall–Kier alpha value is -0.0900. The summed E-state index contributed by atoms with van der Waals surface area (Å²) in [5.74, 6) is 0. The molecule has 0 bridgehead atoms. The fraction of sp³-hybridized carbons (Fsp3) is 0.0909. The molecule has 0 aliphatic rings. The number of hydrogen-bond acceptors (Lipinski definition) is 2. The molecule has 0 aliphatic heterocycles. The van der Waals surface area contributed by atoms with Crippen LogP contribution in [0.25, 0.3) is 12.2 Å². The van der Waals surface area contributed by atoms with Crippen LogP contribution >= 0.6 is 50.2 Å². The summed E-state index contributed by atoms with van der Waals surface area (Å²) in [5.41, 5.74) is 2.38. The average molecular weight is 320 g/mol. The Morgan fingerprint density at radius 2 is 2.13 bits per heavy atom. The van der Waals surface area contributed by atoms with Gasteiger partial charge < -0.3 is 0 Å². The van der Waals surface area contributed by atoms with E-state index in [4.69, 9.17) is 11.6 Å². The van der Waals surface area contributed by atoms with Crippen LogP contribution in [-0.4, -0.2) is 0 Å². The van der Waals surface area contributed by atoms with Gasteiger partial charge in [-0.15, -0.1) is 22.7 Å². The van der Waals surface area contributed by atoms with E-state index in [9.17, 15) is 0 Å². The SMILES string of the molecule is Cc1cc(C=Cc2cc(Cl)sc2Br)cs1. The predicted molar refractivity (Wildman–Crippen MR) is 75.0 cm³/mol. The molecule has 2 aromatic heterocycles. The minimum atomic E-state index is 0.808. The molecule has 2 rings (SSSR count). The molecule has 0 atom stereocenters. The Labute approximate surface area is 110 Å². The number of halogens is 2. The average Bonchev–Trinajstić information content (AvgIpc) is 2.70. The Morgan fingerprint density at radius 1 is 1.33 bits per heavy atom. The van der Waals surface area contributed by atoms with Gasteiger partial charge in [-0.05, 0) is 45.9 Å². The van der Waals surface area contributed by atoms with E-state index in [0.717, 1.165) is 13.7 Å². The van der Waals surface area contributed by atoms with Crippen molar-refractivity contribution in [1.29, 1.82) is 0 Å². The highest BCUT2D eigenvalue weighted by atomic mass is 79.9. The van der Waals surface area contributed by atoms with Gasteiger partial charge in [0.05, 0.1) is 8.12 Å². The van der Waals surface area contributed by atoms with Crippen molar-refractivity contribution in [2.45, 2.75) is 6.92 Å². The van der Waals surface area contributed by atoms with Crippen molar-refractivity contribution in [2.24, 2.45) is 0 Å². The van der Waals surface area contributed by atoms with Gasteiger partial charge in [-0.2, -0.15) is 0 Å².